The first-order valence-electron chi connectivity index (χ1n) is 7.42. The molecule has 3 rings (SSSR count). The molecule has 0 spiro atoms. The van der Waals surface area contributed by atoms with Crippen molar-refractivity contribution in [3.05, 3.63) is 57.9 Å². The van der Waals surface area contributed by atoms with Crippen molar-refractivity contribution in [2.24, 2.45) is 5.10 Å². The zero-order chi connectivity index (χ0) is 17.6. The SMILES string of the molecule is COc1ccc(/C=N/Nc2nc(-c3ccc(Br)cc3)cs2)cc1OC. The number of nitrogens with one attached hydrogen (secondary N) is 1. The summed E-state index contributed by atoms with van der Waals surface area (Å²) in [5.41, 5.74) is 5.84. The minimum Gasteiger partial charge on any atom is -0.493 e. The molecular weight excluding hydrogens is 402 g/mol. The molecule has 7 heteroatoms. The van der Waals surface area contributed by atoms with E-state index in [9.17, 15) is 0 Å². The van der Waals surface area contributed by atoms with Gasteiger partial charge in [0.25, 0.3) is 0 Å². The summed E-state index contributed by atoms with van der Waals surface area (Å²) in [5.74, 6) is 1.35. The van der Waals surface area contributed by atoms with Crippen LogP contribution in [0.4, 0.5) is 5.13 Å². The second kappa shape index (κ2) is 8.13. The molecule has 1 N–H and O–H groups in total. The predicted octanol–water partition coefficient (Wildman–Crippen LogP) is 5.04. The number of ether oxygens (including phenoxy) is 2. The van der Waals surface area contributed by atoms with Gasteiger partial charge in [-0.3, -0.25) is 5.43 Å². The highest BCUT2D eigenvalue weighted by molar-refractivity contribution is 9.10. The van der Waals surface area contributed by atoms with Crippen LogP contribution >= 0.6 is 27.3 Å². The number of halogens is 1. The largest absolute Gasteiger partial charge is 0.493 e. The molecule has 128 valence electrons. The maximum atomic E-state index is 5.28. The van der Waals surface area contributed by atoms with Crippen molar-refractivity contribution < 1.29 is 9.47 Å². The Bertz CT molecular complexity index is 878. The Balaban J connectivity index is 1.67. The Morgan fingerprint density at radius 3 is 2.56 bits per heavy atom. The Morgan fingerprint density at radius 2 is 1.84 bits per heavy atom. The molecule has 5 nitrogen and oxygen atoms in total. The van der Waals surface area contributed by atoms with E-state index in [2.05, 4.69) is 31.4 Å². The number of hydrogen-bond acceptors (Lipinski definition) is 6. The molecule has 1 heterocycles. The number of hydrogen-bond donors (Lipinski definition) is 1. The lowest BCUT2D eigenvalue weighted by Gasteiger charge is -2.07. The van der Waals surface area contributed by atoms with Gasteiger partial charge in [0.15, 0.2) is 11.5 Å². The van der Waals surface area contributed by atoms with Crippen molar-refractivity contribution in [3.8, 4) is 22.8 Å². The molecule has 0 aliphatic heterocycles. The lowest BCUT2D eigenvalue weighted by atomic mass is 10.2. The van der Waals surface area contributed by atoms with E-state index >= 15 is 0 Å². The van der Waals surface area contributed by atoms with Gasteiger partial charge in [0.1, 0.15) is 0 Å². The van der Waals surface area contributed by atoms with Crippen LogP contribution in [0.5, 0.6) is 11.5 Å². The molecule has 0 atom stereocenters. The van der Waals surface area contributed by atoms with Crippen LogP contribution in [0.15, 0.2) is 57.4 Å². The van der Waals surface area contributed by atoms with Crippen LogP contribution in [0.3, 0.4) is 0 Å². The van der Waals surface area contributed by atoms with Gasteiger partial charge < -0.3 is 9.47 Å². The molecule has 3 aromatic rings. The van der Waals surface area contributed by atoms with E-state index in [0.717, 1.165) is 26.4 Å². The number of thiazole rings is 1. The van der Waals surface area contributed by atoms with Gasteiger partial charge in [0, 0.05) is 15.4 Å². The fourth-order valence-corrected chi connectivity index (χ4v) is 3.11. The summed E-state index contributed by atoms with van der Waals surface area (Å²) in [5, 5.41) is 6.96. The van der Waals surface area contributed by atoms with E-state index < -0.39 is 0 Å². The van der Waals surface area contributed by atoms with E-state index in [1.807, 2.05) is 47.8 Å². The van der Waals surface area contributed by atoms with Crippen LogP contribution < -0.4 is 14.9 Å². The fraction of sp³-hybridized carbons (Fsp3) is 0.111. The Kier molecular flexibility index (Phi) is 5.67. The first kappa shape index (κ1) is 17.4. The lowest BCUT2D eigenvalue weighted by Crippen LogP contribution is -1.93. The summed E-state index contributed by atoms with van der Waals surface area (Å²) < 4.78 is 11.5. The highest BCUT2D eigenvalue weighted by Crippen LogP contribution is 2.27. The summed E-state index contributed by atoms with van der Waals surface area (Å²) in [6, 6.07) is 13.6. The summed E-state index contributed by atoms with van der Waals surface area (Å²) in [6.45, 7) is 0. The van der Waals surface area contributed by atoms with Gasteiger partial charge in [0.05, 0.1) is 26.1 Å². The highest BCUT2D eigenvalue weighted by Gasteiger charge is 2.05. The molecule has 1 aromatic heterocycles. The number of methoxy groups -OCH3 is 2. The number of benzene rings is 2. The molecule has 0 bridgehead atoms. The molecule has 0 unspecified atom stereocenters. The average molecular weight is 418 g/mol. The van der Waals surface area contributed by atoms with Crippen LogP contribution in [0.2, 0.25) is 0 Å². The number of aromatic nitrogens is 1. The maximum absolute atomic E-state index is 5.28. The van der Waals surface area contributed by atoms with Crippen LogP contribution in [0, 0.1) is 0 Å². The summed E-state index contributed by atoms with van der Waals surface area (Å²) in [7, 11) is 3.22. The molecule has 0 amide bonds. The van der Waals surface area contributed by atoms with Crippen LogP contribution in [0.25, 0.3) is 11.3 Å². The Hall–Kier alpha value is -2.38. The second-order valence-corrected chi connectivity index (χ2v) is 6.80. The van der Waals surface area contributed by atoms with Crippen LogP contribution in [0.1, 0.15) is 5.56 Å². The van der Waals surface area contributed by atoms with Gasteiger partial charge >= 0.3 is 0 Å². The average Bonchev–Trinajstić information content (AvgIpc) is 3.11. The van der Waals surface area contributed by atoms with Gasteiger partial charge in [-0.2, -0.15) is 5.10 Å². The molecule has 0 aliphatic carbocycles. The summed E-state index contributed by atoms with van der Waals surface area (Å²) in [6.07, 6.45) is 1.71. The number of hydrazone groups is 1. The molecule has 0 radical (unpaired) electrons. The zero-order valence-electron chi connectivity index (χ0n) is 13.7. The highest BCUT2D eigenvalue weighted by atomic mass is 79.9. The third-order valence-electron chi connectivity index (χ3n) is 3.43. The van der Waals surface area contributed by atoms with Crippen molar-refractivity contribution in [1.82, 2.24) is 4.98 Å². The van der Waals surface area contributed by atoms with E-state index in [0.29, 0.717) is 11.5 Å². The second-order valence-electron chi connectivity index (χ2n) is 5.03. The van der Waals surface area contributed by atoms with Gasteiger partial charge in [-0.15, -0.1) is 11.3 Å². The molecule has 25 heavy (non-hydrogen) atoms. The molecule has 0 saturated heterocycles. The van der Waals surface area contributed by atoms with Crippen molar-refractivity contribution in [3.63, 3.8) is 0 Å². The zero-order valence-corrected chi connectivity index (χ0v) is 16.1. The van der Waals surface area contributed by atoms with Crippen molar-refractivity contribution >= 4 is 38.6 Å². The maximum Gasteiger partial charge on any atom is 0.203 e. The fourth-order valence-electron chi connectivity index (χ4n) is 2.17. The topological polar surface area (TPSA) is 55.7 Å². The van der Waals surface area contributed by atoms with E-state index in [-0.39, 0.29) is 0 Å². The van der Waals surface area contributed by atoms with E-state index in [1.165, 1.54) is 11.3 Å². The van der Waals surface area contributed by atoms with Crippen molar-refractivity contribution in [2.45, 2.75) is 0 Å². The smallest absolute Gasteiger partial charge is 0.203 e. The van der Waals surface area contributed by atoms with Crippen molar-refractivity contribution in [2.75, 3.05) is 19.6 Å². The minimum atomic E-state index is 0.665. The number of anilines is 1. The molecule has 0 fully saturated rings. The number of rotatable bonds is 6. The molecule has 0 aliphatic rings. The van der Waals surface area contributed by atoms with Crippen molar-refractivity contribution in [1.29, 1.82) is 0 Å². The first-order valence-corrected chi connectivity index (χ1v) is 9.09. The minimum absolute atomic E-state index is 0.665. The number of nitrogens with zero attached hydrogens (tertiary/aromatic N) is 2. The molecule has 0 saturated carbocycles. The third kappa shape index (κ3) is 4.37. The summed E-state index contributed by atoms with van der Waals surface area (Å²) in [4.78, 5) is 4.54. The van der Waals surface area contributed by atoms with Crippen LogP contribution in [-0.2, 0) is 0 Å². The molecule has 2 aromatic carbocycles. The monoisotopic (exact) mass is 417 g/mol. The van der Waals surface area contributed by atoms with E-state index in [1.54, 1.807) is 20.4 Å². The standard InChI is InChI=1S/C18H16BrN3O2S/c1-23-16-8-3-12(9-17(16)24-2)10-20-22-18-21-15(11-25-18)13-4-6-14(19)7-5-13/h3-11H,1-2H3,(H,21,22)/b20-10+. The van der Waals surface area contributed by atoms with E-state index in [4.69, 9.17) is 9.47 Å². The third-order valence-corrected chi connectivity index (χ3v) is 4.70. The summed E-state index contributed by atoms with van der Waals surface area (Å²) >= 11 is 4.94. The normalized spacial score (nSPS) is 10.8. The first-order chi connectivity index (χ1) is 12.2. The van der Waals surface area contributed by atoms with Gasteiger partial charge in [0.2, 0.25) is 5.13 Å². The quantitative estimate of drug-likeness (QED) is 0.450. The van der Waals surface area contributed by atoms with Gasteiger partial charge in [-0.25, -0.2) is 4.98 Å². The van der Waals surface area contributed by atoms with Gasteiger partial charge in [-0.05, 0) is 35.9 Å². The predicted molar refractivity (Wildman–Crippen MR) is 106 cm³/mol. The lowest BCUT2D eigenvalue weighted by molar-refractivity contribution is 0.355. The molecular formula is C18H16BrN3O2S. The van der Waals surface area contributed by atoms with Crippen LogP contribution in [-0.4, -0.2) is 25.4 Å². The Labute approximate surface area is 158 Å². The van der Waals surface area contributed by atoms with Gasteiger partial charge in [-0.1, -0.05) is 28.1 Å². The Morgan fingerprint density at radius 1 is 1.08 bits per heavy atom.